The van der Waals surface area contributed by atoms with E-state index in [1.54, 1.807) is 7.05 Å². The van der Waals surface area contributed by atoms with Crippen molar-refractivity contribution in [2.75, 3.05) is 11.1 Å². The number of anilines is 2. The molecule has 116 valence electrons. The molecular formula is C13H19ClN4O3. The number of nitrogens with zero attached hydrogens (tertiary/aromatic N) is 2. The van der Waals surface area contributed by atoms with E-state index in [0.717, 1.165) is 0 Å². The molecule has 0 spiro atoms. The molecule has 1 aliphatic carbocycles. The van der Waals surface area contributed by atoms with Gasteiger partial charge in [0.1, 0.15) is 11.4 Å². The van der Waals surface area contributed by atoms with Crippen molar-refractivity contribution in [1.82, 2.24) is 9.78 Å². The Labute approximate surface area is 127 Å². The van der Waals surface area contributed by atoms with Crippen LogP contribution in [0.25, 0.3) is 0 Å². The van der Waals surface area contributed by atoms with Crippen LogP contribution in [0.3, 0.4) is 0 Å². The highest BCUT2D eigenvalue weighted by molar-refractivity contribution is 6.21. The summed E-state index contributed by atoms with van der Waals surface area (Å²) in [6.07, 6.45) is 0.852. The summed E-state index contributed by atoms with van der Waals surface area (Å²) in [5.74, 6) is -0.436. The highest BCUT2D eigenvalue weighted by atomic mass is 35.5. The number of carbonyl (C=O) groups is 2. The van der Waals surface area contributed by atoms with Gasteiger partial charge in [-0.05, 0) is 26.2 Å². The van der Waals surface area contributed by atoms with Gasteiger partial charge < -0.3 is 16.2 Å². The topological polar surface area (TPSA) is 110 Å². The maximum atomic E-state index is 12.3. The van der Waals surface area contributed by atoms with Crippen molar-refractivity contribution in [3.63, 3.8) is 0 Å². The van der Waals surface area contributed by atoms with Crippen molar-refractivity contribution in [1.29, 1.82) is 0 Å². The fraction of sp³-hybridized carbons (Fsp3) is 0.615. The van der Waals surface area contributed by atoms with E-state index >= 15 is 0 Å². The van der Waals surface area contributed by atoms with Gasteiger partial charge in [0, 0.05) is 13.0 Å². The smallest absolute Gasteiger partial charge is 0.228 e. The minimum atomic E-state index is -0.575. The standard InChI is InChI=1S/C13H19ClN4O3/c1-6(19)10-11(15)18(2)17-12(10)16-13(21)7-3-4-9(20)8(14)5-7/h7-9,20H,3-5,15H2,1-2H3,(H,16,17,21). The minimum absolute atomic E-state index is 0.171. The maximum Gasteiger partial charge on any atom is 0.228 e. The van der Waals surface area contributed by atoms with Crippen LogP contribution in [-0.4, -0.2) is 38.1 Å². The third-order valence-corrected chi connectivity index (χ3v) is 4.26. The summed E-state index contributed by atoms with van der Waals surface area (Å²) in [6.45, 7) is 1.37. The second-order valence-electron chi connectivity index (χ2n) is 5.37. The molecule has 0 bridgehead atoms. The zero-order chi connectivity index (χ0) is 15.7. The second-order valence-corrected chi connectivity index (χ2v) is 5.93. The number of amides is 1. The number of nitrogens with two attached hydrogens (primary N) is 1. The summed E-state index contributed by atoms with van der Waals surface area (Å²) in [5, 5.41) is 15.9. The molecule has 3 unspecified atom stereocenters. The summed E-state index contributed by atoms with van der Waals surface area (Å²) in [6, 6.07) is 0. The summed E-state index contributed by atoms with van der Waals surface area (Å²) >= 11 is 6.00. The van der Waals surface area contributed by atoms with Gasteiger partial charge in [0.15, 0.2) is 11.6 Å². The van der Waals surface area contributed by atoms with Gasteiger partial charge in [-0.25, -0.2) is 0 Å². The number of nitrogens with one attached hydrogen (secondary N) is 1. The Balaban J connectivity index is 2.13. The van der Waals surface area contributed by atoms with Gasteiger partial charge in [-0.15, -0.1) is 11.6 Å². The molecule has 2 rings (SSSR count). The van der Waals surface area contributed by atoms with Gasteiger partial charge in [-0.2, -0.15) is 5.10 Å². The van der Waals surface area contributed by atoms with E-state index < -0.39 is 11.5 Å². The normalized spacial score (nSPS) is 25.6. The summed E-state index contributed by atoms with van der Waals surface area (Å²) in [4.78, 5) is 23.9. The minimum Gasteiger partial charge on any atom is -0.392 e. The molecule has 0 aliphatic heterocycles. The number of hydrogen-bond donors (Lipinski definition) is 3. The van der Waals surface area contributed by atoms with Crippen LogP contribution < -0.4 is 11.1 Å². The molecule has 1 aromatic rings. The van der Waals surface area contributed by atoms with Gasteiger partial charge in [0.2, 0.25) is 5.91 Å². The van der Waals surface area contributed by atoms with Crippen molar-refractivity contribution in [2.45, 2.75) is 37.7 Å². The number of hydrogen-bond acceptors (Lipinski definition) is 5. The first-order valence-corrected chi connectivity index (χ1v) is 7.21. The number of nitrogen functional groups attached to an aromatic ring is 1. The number of alkyl halides is 1. The SMILES string of the molecule is CC(=O)c1c(NC(=O)C2CCC(O)C(Cl)C2)nn(C)c1N. The van der Waals surface area contributed by atoms with Crippen LogP contribution in [0.5, 0.6) is 0 Å². The number of aromatic nitrogens is 2. The van der Waals surface area contributed by atoms with Crippen LogP contribution in [-0.2, 0) is 11.8 Å². The van der Waals surface area contributed by atoms with Gasteiger partial charge >= 0.3 is 0 Å². The van der Waals surface area contributed by atoms with Crippen molar-refractivity contribution < 1.29 is 14.7 Å². The van der Waals surface area contributed by atoms with Gasteiger partial charge in [-0.3, -0.25) is 14.3 Å². The van der Waals surface area contributed by atoms with E-state index in [-0.39, 0.29) is 34.8 Å². The lowest BCUT2D eigenvalue weighted by molar-refractivity contribution is -0.121. The summed E-state index contributed by atoms with van der Waals surface area (Å²) < 4.78 is 1.35. The van der Waals surface area contributed by atoms with E-state index in [4.69, 9.17) is 17.3 Å². The van der Waals surface area contributed by atoms with Crippen LogP contribution in [0.4, 0.5) is 11.6 Å². The van der Waals surface area contributed by atoms with Crippen molar-refractivity contribution in [2.24, 2.45) is 13.0 Å². The predicted molar refractivity (Wildman–Crippen MR) is 79.2 cm³/mol. The first-order chi connectivity index (χ1) is 9.81. The molecule has 8 heteroatoms. The second kappa shape index (κ2) is 6.03. The number of ketones is 1. The molecule has 7 nitrogen and oxygen atoms in total. The molecule has 1 aromatic heterocycles. The monoisotopic (exact) mass is 314 g/mol. The number of aryl methyl sites for hydroxylation is 1. The Hall–Kier alpha value is -1.60. The zero-order valence-electron chi connectivity index (χ0n) is 12.0. The van der Waals surface area contributed by atoms with Crippen LogP contribution in [0.15, 0.2) is 0 Å². The average molecular weight is 315 g/mol. The highest BCUT2D eigenvalue weighted by Crippen LogP contribution is 2.30. The highest BCUT2D eigenvalue weighted by Gasteiger charge is 2.32. The molecule has 1 amide bonds. The fourth-order valence-electron chi connectivity index (χ4n) is 2.53. The number of aliphatic hydroxyl groups is 1. The van der Waals surface area contributed by atoms with Crippen molar-refractivity contribution in [3.8, 4) is 0 Å². The van der Waals surface area contributed by atoms with E-state index in [0.29, 0.717) is 19.3 Å². The molecule has 1 aliphatic rings. The molecular weight excluding hydrogens is 296 g/mol. The molecule has 4 N–H and O–H groups in total. The van der Waals surface area contributed by atoms with Crippen molar-refractivity contribution in [3.05, 3.63) is 5.56 Å². The third-order valence-electron chi connectivity index (χ3n) is 3.79. The van der Waals surface area contributed by atoms with Gasteiger partial charge in [0.05, 0.1) is 11.5 Å². The molecule has 0 saturated heterocycles. The van der Waals surface area contributed by atoms with E-state index in [9.17, 15) is 14.7 Å². The lowest BCUT2D eigenvalue weighted by atomic mass is 9.86. The Morgan fingerprint density at radius 1 is 1.48 bits per heavy atom. The van der Waals surface area contributed by atoms with E-state index in [1.165, 1.54) is 11.6 Å². The molecule has 1 saturated carbocycles. The Kier molecular flexibility index (Phi) is 4.53. The van der Waals surface area contributed by atoms with Gasteiger partial charge in [0.25, 0.3) is 0 Å². The van der Waals surface area contributed by atoms with Crippen LogP contribution >= 0.6 is 11.6 Å². The van der Waals surface area contributed by atoms with E-state index in [1.807, 2.05) is 0 Å². The Bertz CT molecular complexity index is 572. The van der Waals surface area contributed by atoms with Crippen LogP contribution in [0.2, 0.25) is 0 Å². The fourth-order valence-corrected chi connectivity index (χ4v) is 2.87. The third kappa shape index (κ3) is 3.19. The zero-order valence-corrected chi connectivity index (χ0v) is 12.7. The molecule has 1 fully saturated rings. The largest absolute Gasteiger partial charge is 0.392 e. The molecule has 1 heterocycles. The van der Waals surface area contributed by atoms with Crippen LogP contribution in [0.1, 0.15) is 36.5 Å². The lowest BCUT2D eigenvalue weighted by Gasteiger charge is -2.28. The van der Waals surface area contributed by atoms with Crippen LogP contribution in [0, 0.1) is 5.92 Å². The number of rotatable bonds is 3. The molecule has 3 atom stereocenters. The number of halogens is 1. The Morgan fingerprint density at radius 2 is 2.14 bits per heavy atom. The summed E-state index contributed by atoms with van der Waals surface area (Å²) in [7, 11) is 1.60. The number of carbonyl (C=O) groups excluding carboxylic acids is 2. The summed E-state index contributed by atoms with van der Waals surface area (Å²) in [5.41, 5.74) is 5.99. The first kappa shape index (κ1) is 15.8. The quantitative estimate of drug-likeness (QED) is 0.567. The van der Waals surface area contributed by atoms with Crippen molar-refractivity contribution >= 4 is 34.9 Å². The number of aliphatic hydroxyl groups excluding tert-OH is 1. The maximum absolute atomic E-state index is 12.3. The lowest BCUT2D eigenvalue weighted by Crippen LogP contribution is -2.35. The van der Waals surface area contributed by atoms with E-state index in [2.05, 4.69) is 10.4 Å². The Morgan fingerprint density at radius 3 is 2.71 bits per heavy atom. The average Bonchev–Trinajstić information content (AvgIpc) is 2.68. The predicted octanol–water partition coefficient (Wildman–Crippen LogP) is 0.912. The van der Waals surface area contributed by atoms with Gasteiger partial charge in [-0.1, -0.05) is 0 Å². The molecule has 0 radical (unpaired) electrons. The molecule has 0 aromatic carbocycles. The number of Topliss-reactive ketones (excluding diaryl/α,β-unsaturated/α-hetero) is 1. The first-order valence-electron chi connectivity index (χ1n) is 6.77. The molecule has 21 heavy (non-hydrogen) atoms.